The second kappa shape index (κ2) is 9.15. The molecule has 2 heterocycles. The molecule has 1 atom stereocenters. The Morgan fingerprint density at radius 2 is 1.69 bits per heavy atom. The number of nitrogens with one attached hydrogen (secondary N) is 2. The number of ether oxygens (including phenoxy) is 1. The first kappa shape index (κ1) is 21.9. The number of carbonyl (C=O) groups excluding carboxylic acids is 1. The molecule has 0 spiro atoms. The third kappa shape index (κ3) is 4.58. The molecule has 0 radical (unpaired) electrons. The lowest BCUT2D eigenvalue weighted by Gasteiger charge is -2.34. The second-order valence-electron chi connectivity index (χ2n) is 9.45. The molecule has 2 aliphatic carbocycles. The van der Waals surface area contributed by atoms with Crippen molar-refractivity contribution in [1.29, 1.82) is 0 Å². The highest BCUT2D eigenvalue weighted by Gasteiger charge is 2.31. The third-order valence-electron chi connectivity index (χ3n) is 7.43. The summed E-state index contributed by atoms with van der Waals surface area (Å²) >= 11 is 0. The van der Waals surface area contributed by atoms with Crippen LogP contribution >= 0.6 is 0 Å². The predicted octanol–water partition coefficient (Wildman–Crippen LogP) is 3.27. The van der Waals surface area contributed by atoms with Gasteiger partial charge in [0.15, 0.2) is 0 Å². The molecule has 2 fully saturated rings. The first-order valence-electron chi connectivity index (χ1n) is 12.0. The van der Waals surface area contributed by atoms with Crippen LogP contribution in [0, 0.1) is 0 Å². The maximum absolute atomic E-state index is 12.7. The molecule has 1 aromatic carbocycles. The van der Waals surface area contributed by atoms with Crippen molar-refractivity contribution in [1.82, 2.24) is 9.62 Å². The van der Waals surface area contributed by atoms with Crippen LogP contribution in [-0.4, -0.2) is 51.2 Å². The molecule has 0 bridgehead atoms. The van der Waals surface area contributed by atoms with Gasteiger partial charge >= 0.3 is 6.03 Å². The fourth-order valence-electron chi connectivity index (χ4n) is 5.96. The molecule has 174 valence electrons. The third-order valence-corrected chi connectivity index (χ3v) is 8.41. The van der Waals surface area contributed by atoms with E-state index in [2.05, 4.69) is 21.0 Å². The Bertz CT molecular complexity index is 982. The molecule has 2 saturated heterocycles. The Morgan fingerprint density at radius 1 is 1.00 bits per heavy atom. The molecule has 0 aromatic heterocycles. The SMILES string of the molecule is O=C(Nc1c2c(cc3c1CCC3)CCC2)NS(=O)(=O)/C=C/[C@H]1CCCN1C1CCOCC1. The van der Waals surface area contributed by atoms with E-state index in [-0.39, 0.29) is 6.04 Å². The minimum absolute atomic E-state index is 0.0957. The number of amides is 2. The van der Waals surface area contributed by atoms with Crippen molar-refractivity contribution in [2.45, 2.75) is 76.3 Å². The number of rotatable bonds is 5. The van der Waals surface area contributed by atoms with E-state index in [1.54, 1.807) is 6.08 Å². The fraction of sp³-hybridized carbons (Fsp3) is 0.625. The van der Waals surface area contributed by atoms with E-state index >= 15 is 0 Å². The van der Waals surface area contributed by atoms with Gasteiger partial charge in [-0.1, -0.05) is 12.1 Å². The number of carbonyl (C=O) groups is 1. The molecule has 8 heteroatoms. The monoisotopic (exact) mass is 459 g/mol. The lowest BCUT2D eigenvalue weighted by atomic mass is 9.99. The van der Waals surface area contributed by atoms with Gasteiger partial charge in [-0.3, -0.25) is 4.90 Å². The Labute approximate surface area is 190 Å². The molecule has 5 rings (SSSR count). The number of fused-ring (bicyclic) bond motifs is 2. The summed E-state index contributed by atoms with van der Waals surface area (Å²) in [6.45, 7) is 2.52. The maximum Gasteiger partial charge on any atom is 0.333 e. The highest BCUT2D eigenvalue weighted by Crippen LogP contribution is 2.38. The summed E-state index contributed by atoms with van der Waals surface area (Å²) in [5, 5.41) is 4.08. The number of hydrogen-bond donors (Lipinski definition) is 2. The zero-order chi connectivity index (χ0) is 22.1. The average molecular weight is 460 g/mol. The fourth-order valence-corrected chi connectivity index (χ4v) is 6.72. The van der Waals surface area contributed by atoms with Crippen molar-refractivity contribution in [3.8, 4) is 0 Å². The van der Waals surface area contributed by atoms with Crippen LogP contribution in [0.25, 0.3) is 0 Å². The van der Waals surface area contributed by atoms with Crippen molar-refractivity contribution in [3.05, 3.63) is 39.8 Å². The van der Waals surface area contributed by atoms with Gasteiger partial charge in [0.2, 0.25) is 0 Å². The number of urea groups is 1. The van der Waals surface area contributed by atoms with Gasteiger partial charge in [-0.2, -0.15) is 0 Å². The summed E-state index contributed by atoms with van der Waals surface area (Å²) in [4.78, 5) is 15.1. The standard InChI is InChI=1S/C24H33N3O4S/c28-24(25-23-21-7-1-4-17(21)16-18-5-2-8-22(18)23)26-32(29,30)15-11-19-6-3-12-27(19)20-9-13-31-14-10-20/h11,15-16,19-20H,1-10,12-14H2,(H2,25,26,28)/b15-11+/t19-/m1/s1. The zero-order valence-corrected chi connectivity index (χ0v) is 19.4. The number of hydrogen-bond acceptors (Lipinski definition) is 5. The van der Waals surface area contributed by atoms with Gasteiger partial charge in [-0.25, -0.2) is 17.9 Å². The van der Waals surface area contributed by atoms with Gasteiger partial charge in [0.1, 0.15) is 0 Å². The quantitative estimate of drug-likeness (QED) is 0.706. The normalized spacial score (nSPS) is 24.1. The van der Waals surface area contributed by atoms with Crippen molar-refractivity contribution < 1.29 is 17.9 Å². The van der Waals surface area contributed by atoms with Gasteiger partial charge in [0.25, 0.3) is 10.0 Å². The van der Waals surface area contributed by atoms with Crippen LogP contribution in [0.2, 0.25) is 0 Å². The summed E-state index contributed by atoms with van der Waals surface area (Å²) in [5.74, 6) is 0. The largest absolute Gasteiger partial charge is 0.381 e. The van der Waals surface area contributed by atoms with Crippen LogP contribution in [0.1, 0.15) is 60.8 Å². The molecule has 4 aliphatic rings. The summed E-state index contributed by atoms with van der Waals surface area (Å²) in [6.07, 6.45) is 11.8. The molecular formula is C24H33N3O4S. The first-order chi connectivity index (χ1) is 15.5. The van der Waals surface area contributed by atoms with Crippen LogP contribution in [-0.2, 0) is 40.4 Å². The number of aryl methyl sites for hydroxylation is 2. The minimum atomic E-state index is -3.86. The van der Waals surface area contributed by atoms with Crippen LogP contribution in [0.4, 0.5) is 10.5 Å². The van der Waals surface area contributed by atoms with Crippen molar-refractivity contribution in [3.63, 3.8) is 0 Å². The molecule has 2 amide bonds. The van der Waals surface area contributed by atoms with Crippen LogP contribution in [0.3, 0.4) is 0 Å². The van der Waals surface area contributed by atoms with Crippen molar-refractivity contribution in [2.24, 2.45) is 0 Å². The van der Waals surface area contributed by atoms with Gasteiger partial charge in [0.05, 0.1) is 0 Å². The number of nitrogens with zero attached hydrogens (tertiary/aromatic N) is 1. The zero-order valence-electron chi connectivity index (χ0n) is 18.6. The molecule has 0 unspecified atom stereocenters. The highest BCUT2D eigenvalue weighted by atomic mass is 32.2. The lowest BCUT2D eigenvalue weighted by Crippen LogP contribution is -2.41. The second-order valence-corrected chi connectivity index (χ2v) is 11.0. The Hall–Kier alpha value is -1.90. The Kier molecular flexibility index (Phi) is 6.27. The van der Waals surface area contributed by atoms with E-state index in [9.17, 15) is 13.2 Å². The molecule has 2 aliphatic heterocycles. The van der Waals surface area contributed by atoms with E-state index in [4.69, 9.17) is 4.74 Å². The van der Waals surface area contributed by atoms with E-state index in [0.717, 1.165) is 89.7 Å². The number of likely N-dealkylation sites (tertiary alicyclic amines) is 1. The smallest absolute Gasteiger partial charge is 0.333 e. The number of benzene rings is 1. The molecule has 7 nitrogen and oxygen atoms in total. The molecule has 32 heavy (non-hydrogen) atoms. The average Bonchev–Trinajstić information content (AvgIpc) is 3.52. The Balaban J connectivity index is 1.25. The van der Waals surface area contributed by atoms with Gasteiger partial charge in [0, 0.05) is 36.4 Å². The molecule has 1 aromatic rings. The minimum Gasteiger partial charge on any atom is -0.381 e. The summed E-state index contributed by atoms with van der Waals surface area (Å²) < 4.78 is 32.9. The van der Waals surface area contributed by atoms with Gasteiger partial charge in [-0.15, -0.1) is 0 Å². The predicted molar refractivity (Wildman–Crippen MR) is 124 cm³/mol. The van der Waals surface area contributed by atoms with Crippen molar-refractivity contribution in [2.75, 3.05) is 25.1 Å². The Morgan fingerprint density at radius 3 is 2.38 bits per heavy atom. The topological polar surface area (TPSA) is 87.7 Å². The van der Waals surface area contributed by atoms with Crippen LogP contribution in [0.5, 0.6) is 0 Å². The maximum atomic E-state index is 12.7. The molecule has 0 saturated carbocycles. The molecule has 2 N–H and O–H groups in total. The summed E-state index contributed by atoms with van der Waals surface area (Å²) in [6, 6.07) is 2.16. The summed E-state index contributed by atoms with van der Waals surface area (Å²) in [7, 11) is -3.86. The first-order valence-corrected chi connectivity index (χ1v) is 13.6. The van der Waals surface area contributed by atoms with E-state index in [0.29, 0.717) is 6.04 Å². The lowest BCUT2D eigenvalue weighted by molar-refractivity contribution is 0.0350. The number of sulfonamides is 1. The van der Waals surface area contributed by atoms with Crippen LogP contribution in [0.15, 0.2) is 17.6 Å². The van der Waals surface area contributed by atoms with E-state index in [1.165, 1.54) is 27.7 Å². The van der Waals surface area contributed by atoms with Crippen molar-refractivity contribution >= 4 is 21.7 Å². The van der Waals surface area contributed by atoms with E-state index < -0.39 is 16.1 Å². The van der Waals surface area contributed by atoms with Gasteiger partial charge in [-0.05, 0) is 93.0 Å². The highest BCUT2D eigenvalue weighted by molar-refractivity contribution is 7.92. The molecular weight excluding hydrogens is 426 g/mol. The number of anilines is 1. The van der Waals surface area contributed by atoms with E-state index in [1.807, 2.05) is 0 Å². The van der Waals surface area contributed by atoms with Gasteiger partial charge < -0.3 is 10.1 Å². The summed E-state index contributed by atoms with van der Waals surface area (Å²) in [5.41, 5.74) is 5.83. The van der Waals surface area contributed by atoms with Crippen LogP contribution < -0.4 is 10.0 Å².